The van der Waals surface area contributed by atoms with Gasteiger partial charge in [0.1, 0.15) is 23.5 Å². The number of aromatic amines is 1. The number of rotatable bonds is 5. The summed E-state index contributed by atoms with van der Waals surface area (Å²) in [5.41, 5.74) is 0.608. The van der Waals surface area contributed by atoms with E-state index < -0.39 is 49.3 Å². The third kappa shape index (κ3) is 4.03. The van der Waals surface area contributed by atoms with Crippen LogP contribution in [0.3, 0.4) is 0 Å². The number of aliphatic hydroxyl groups excluding tert-OH is 1. The van der Waals surface area contributed by atoms with E-state index in [0.717, 1.165) is 6.07 Å². The Morgan fingerprint density at radius 3 is 2.44 bits per heavy atom. The largest absolute Gasteiger partial charge is 0.392 e. The molecule has 0 aliphatic carbocycles. The number of aromatic nitrogens is 1. The van der Waals surface area contributed by atoms with E-state index in [1.807, 2.05) is 0 Å². The number of halogens is 3. The Morgan fingerprint density at radius 1 is 1.12 bits per heavy atom. The van der Waals surface area contributed by atoms with Gasteiger partial charge in [-0.25, -0.2) is 13.2 Å². The fourth-order valence-corrected chi connectivity index (χ4v) is 6.06. The predicted molar refractivity (Wildman–Crippen MR) is 115 cm³/mol. The zero-order chi connectivity index (χ0) is 23.2. The van der Waals surface area contributed by atoms with E-state index in [4.69, 9.17) is 0 Å². The summed E-state index contributed by atoms with van der Waals surface area (Å²) >= 11 is 0. The minimum atomic E-state index is -2.40. The van der Waals surface area contributed by atoms with Gasteiger partial charge in [-0.3, -0.25) is 9.59 Å². The first-order valence-electron chi connectivity index (χ1n) is 10.1. The van der Waals surface area contributed by atoms with Crippen LogP contribution in [0.2, 0.25) is 13.1 Å². The quantitative estimate of drug-likeness (QED) is 0.440. The molecule has 2 heterocycles. The number of benzene rings is 2. The van der Waals surface area contributed by atoms with E-state index in [-0.39, 0.29) is 23.7 Å². The molecule has 4 N–H and O–H groups in total. The zero-order valence-electron chi connectivity index (χ0n) is 17.4. The molecule has 0 unspecified atom stereocenters. The maximum atomic E-state index is 14.4. The Hall–Kier alpha value is -3.11. The van der Waals surface area contributed by atoms with Crippen molar-refractivity contribution in [3.63, 3.8) is 0 Å². The standard InChI is InChI=1S/C22H22F3N3O3Si/c1-32(2)22(31)20(21(30)28-32)26-17(29)8-7-14-15-9-13(24)10-16(25)19(15)27-18(14)11-3-5-12(23)6-4-11/h3-6,9-10,20,22,27,31H,7-8H2,1-2H3,(H,26,29)(H,28,30)/t20-,22-/m1/s1. The van der Waals surface area contributed by atoms with Gasteiger partial charge in [-0.2, -0.15) is 0 Å². The van der Waals surface area contributed by atoms with Crippen LogP contribution in [0.5, 0.6) is 0 Å². The maximum Gasteiger partial charge on any atom is 0.237 e. The first kappa shape index (κ1) is 22.1. The summed E-state index contributed by atoms with van der Waals surface area (Å²) in [5.74, 6) is -2.89. The number of hydrogen-bond acceptors (Lipinski definition) is 3. The van der Waals surface area contributed by atoms with E-state index in [9.17, 15) is 27.9 Å². The summed E-state index contributed by atoms with van der Waals surface area (Å²) in [6.45, 7) is 3.57. The molecule has 3 aromatic rings. The van der Waals surface area contributed by atoms with E-state index in [1.54, 1.807) is 13.1 Å². The highest BCUT2D eigenvalue weighted by Crippen LogP contribution is 2.33. The van der Waals surface area contributed by atoms with Gasteiger partial charge in [0.2, 0.25) is 11.8 Å². The number of fused-ring (bicyclic) bond motifs is 1. The second-order valence-electron chi connectivity index (χ2n) is 8.50. The molecule has 1 aromatic heterocycles. The van der Waals surface area contributed by atoms with Crippen molar-refractivity contribution in [2.75, 3.05) is 0 Å². The number of amides is 2. The molecule has 10 heteroatoms. The van der Waals surface area contributed by atoms with E-state index in [0.29, 0.717) is 16.8 Å². The van der Waals surface area contributed by atoms with Crippen molar-refractivity contribution >= 4 is 31.0 Å². The van der Waals surface area contributed by atoms with Crippen molar-refractivity contribution in [3.05, 3.63) is 59.4 Å². The Labute approximate surface area is 182 Å². The van der Waals surface area contributed by atoms with E-state index in [2.05, 4.69) is 15.3 Å². The Morgan fingerprint density at radius 2 is 1.81 bits per heavy atom. The van der Waals surface area contributed by atoms with Crippen LogP contribution in [-0.2, 0) is 16.0 Å². The Balaban J connectivity index is 1.62. The molecule has 2 atom stereocenters. The van der Waals surface area contributed by atoms with Gasteiger partial charge in [0.25, 0.3) is 0 Å². The molecule has 1 saturated heterocycles. The first-order chi connectivity index (χ1) is 15.1. The van der Waals surface area contributed by atoms with Crippen LogP contribution in [-0.4, -0.2) is 41.9 Å². The molecule has 6 nitrogen and oxygen atoms in total. The van der Waals surface area contributed by atoms with Gasteiger partial charge >= 0.3 is 0 Å². The average molecular weight is 462 g/mol. The number of carbonyl (C=O) groups excluding carboxylic acids is 2. The topological polar surface area (TPSA) is 94.2 Å². The number of nitrogens with one attached hydrogen (secondary N) is 3. The second kappa shape index (κ2) is 8.10. The van der Waals surface area contributed by atoms with Gasteiger partial charge in [0.15, 0.2) is 8.24 Å². The van der Waals surface area contributed by atoms with Crippen LogP contribution in [0.1, 0.15) is 12.0 Å². The van der Waals surface area contributed by atoms with Crippen molar-refractivity contribution in [1.29, 1.82) is 0 Å². The molecule has 168 valence electrons. The van der Waals surface area contributed by atoms with E-state index >= 15 is 0 Å². The third-order valence-electron chi connectivity index (χ3n) is 5.77. The summed E-state index contributed by atoms with van der Waals surface area (Å²) in [6, 6.07) is 6.42. The molecular formula is C22H22F3N3O3Si. The summed E-state index contributed by atoms with van der Waals surface area (Å²) in [6.07, 6.45) is 0.0183. The SMILES string of the molecule is C[Si]1(C)NC(=O)[C@@H](NC(=O)CCc2c(-c3ccc(F)cc3)[nH]c3c(F)cc(F)cc23)[C@@H]1O. The summed E-state index contributed by atoms with van der Waals surface area (Å²) in [7, 11) is -2.40. The fraction of sp³-hybridized carbons (Fsp3) is 0.273. The lowest BCUT2D eigenvalue weighted by molar-refractivity contribution is -0.128. The van der Waals surface area contributed by atoms with Crippen molar-refractivity contribution in [2.24, 2.45) is 0 Å². The average Bonchev–Trinajstić information content (AvgIpc) is 3.17. The number of H-pyrrole nitrogens is 1. The molecule has 1 aliphatic heterocycles. The number of hydrogen-bond donors (Lipinski definition) is 4. The highest BCUT2D eigenvalue weighted by atomic mass is 28.3. The van der Waals surface area contributed by atoms with Gasteiger partial charge in [0, 0.05) is 23.6 Å². The summed E-state index contributed by atoms with van der Waals surface area (Å²) in [4.78, 5) is 30.4. The molecule has 4 rings (SSSR count). The molecule has 0 spiro atoms. The fourth-order valence-electron chi connectivity index (χ4n) is 4.05. The number of aliphatic hydroxyl groups is 1. The Bertz CT molecular complexity index is 1210. The van der Waals surface area contributed by atoms with Crippen LogP contribution in [0, 0.1) is 17.5 Å². The lowest BCUT2D eigenvalue weighted by atomic mass is 10.0. The smallest absolute Gasteiger partial charge is 0.237 e. The van der Waals surface area contributed by atoms with Crippen LogP contribution in [0.15, 0.2) is 36.4 Å². The molecule has 0 radical (unpaired) electrons. The van der Waals surface area contributed by atoms with E-state index in [1.165, 1.54) is 30.3 Å². The normalized spacial score (nSPS) is 19.9. The lowest BCUT2D eigenvalue weighted by Crippen LogP contribution is -2.52. The summed E-state index contributed by atoms with van der Waals surface area (Å²) < 4.78 is 41.7. The van der Waals surface area contributed by atoms with Gasteiger partial charge in [-0.1, -0.05) is 0 Å². The van der Waals surface area contributed by atoms with Gasteiger partial charge in [-0.15, -0.1) is 0 Å². The van der Waals surface area contributed by atoms with Crippen LogP contribution >= 0.6 is 0 Å². The van der Waals surface area contributed by atoms with Gasteiger partial charge in [0.05, 0.1) is 11.2 Å². The van der Waals surface area contributed by atoms with Crippen molar-refractivity contribution in [3.8, 4) is 11.3 Å². The Kier molecular flexibility index (Phi) is 5.59. The molecule has 1 fully saturated rings. The van der Waals surface area contributed by atoms with Crippen LogP contribution in [0.25, 0.3) is 22.2 Å². The molecule has 2 amide bonds. The molecule has 1 aliphatic rings. The molecule has 0 bridgehead atoms. The number of carbonyl (C=O) groups is 2. The first-order valence-corrected chi connectivity index (χ1v) is 13.2. The lowest BCUT2D eigenvalue weighted by Gasteiger charge is -2.21. The minimum Gasteiger partial charge on any atom is -0.392 e. The molecular weight excluding hydrogens is 439 g/mol. The van der Waals surface area contributed by atoms with Crippen molar-refractivity contribution in [2.45, 2.75) is 37.7 Å². The van der Waals surface area contributed by atoms with Crippen molar-refractivity contribution in [1.82, 2.24) is 15.3 Å². The monoisotopic (exact) mass is 461 g/mol. The molecule has 2 aromatic carbocycles. The second-order valence-corrected chi connectivity index (χ2v) is 12.8. The van der Waals surface area contributed by atoms with Crippen LogP contribution in [0.4, 0.5) is 13.2 Å². The maximum absolute atomic E-state index is 14.4. The molecule has 0 saturated carbocycles. The number of aryl methyl sites for hydroxylation is 1. The third-order valence-corrected chi connectivity index (χ3v) is 8.47. The highest BCUT2D eigenvalue weighted by molar-refractivity contribution is 6.80. The summed E-state index contributed by atoms with van der Waals surface area (Å²) in [5, 5.41) is 13.2. The zero-order valence-corrected chi connectivity index (χ0v) is 18.4. The van der Waals surface area contributed by atoms with Crippen molar-refractivity contribution < 1.29 is 27.9 Å². The van der Waals surface area contributed by atoms with Gasteiger partial charge < -0.3 is 20.4 Å². The predicted octanol–water partition coefficient (Wildman–Crippen LogP) is 2.90. The minimum absolute atomic E-state index is 0.0828. The molecule has 32 heavy (non-hydrogen) atoms. The van der Waals surface area contributed by atoms with Crippen LogP contribution < -0.4 is 10.3 Å². The van der Waals surface area contributed by atoms with Gasteiger partial charge in [-0.05, 0) is 61.0 Å². The highest BCUT2D eigenvalue weighted by Gasteiger charge is 2.49.